The average molecular weight is 286 g/mol. The molecule has 3 aliphatic rings. The van der Waals surface area contributed by atoms with Gasteiger partial charge in [0.1, 0.15) is 0 Å². The van der Waals surface area contributed by atoms with Crippen molar-refractivity contribution in [2.24, 2.45) is 0 Å². The molecule has 3 aliphatic heterocycles. The first-order valence-corrected chi connectivity index (χ1v) is 7.71. The van der Waals surface area contributed by atoms with Crippen molar-refractivity contribution >= 4 is 0 Å². The zero-order valence-corrected chi connectivity index (χ0v) is 12.3. The van der Waals surface area contributed by atoms with E-state index in [9.17, 15) is 0 Å². The van der Waals surface area contributed by atoms with Gasteiger partial charge >= 0.3 is 0 Å². The molecule has 0 saturated carbocycles. The van der Waals surface area contributed by atoms with E-state index in [1.165, 1.54) is 18.5 Å². The lowest BCUT2D eigenvalue weighted by Crippen LogP contribution is -2.27. The lowest BCUT2D eigenvalue weighted by atomic mass is 10.3. The Morgan fingerprint density at radius 3 is 2.14 bits per heavy atom. The van der Waals surface area contributed by atoms with E-state index < -0.39 is 0 Å². The summed E-state index contributed by atoms with van der Waals surface area (Å²) in [6.07, 6.45) is 11.3. The standard InChI is InChI=1S/C15H22N6/c1-2-4-19-6-8-21(13-19)11-15-9-14(16-17-15)10-20-7-5-18(3-1)12-20/h5-9H,1-4,10-13H2,(H,16,17). The molecule has 6 heteroatoms. The van der Waals surface area contributed by atoms with E-state index in [1.54, 1.807) is 0 Å². The molecule has 0 saturated heterocycles. The van der Waals surface area contributed by atoms with Gasteiger partial charge in [-0.1, -0.05) is 0 Å². The second kappa shape index (κ2) is 5.35. The van der Waals surface area contributed by atoms with Crippen LogP contribution in [-0.4, -0.2) is 56.2 Å². The highest BCUT2D eigenvalue weighted by atomic mass is 15.4. The van der Waals surface area contributed by atoms with Gasteiger partial charge in [0.05, 0.1) is 37.8 Å². The monoisotopic (exact) mass is 286 g/mol. The van der Waals surface area contributed by atoms with Gasteiger partial charge in [0.2, 0.25) is 0 Å². The molecule has 6 nitrogen and oxygen atoms in total. The summed E-state index contributed by atoms with van der Waals surface area (Å²) in [4.78, 5) is 9.42. The molecule has 0 spiro atoms. The molecular formula is C15H22N6. The SMILES string of the molecule is C1=CN2Cc3cc([nH]n3)CN3C=CN(CCCCN1C2)C3. The Hall–Kier alpha value is -2.11. The van der Waals surface area contributed by atoms with E-state index >= 15 is 0 Å². The van der Waals surface area contributed by atoms with E-state index in [-0.39, 0.29) is 0 Å². The molecule has 0 aliphatic carbocycles. The molecule has 1 aromatic heterocycles. The normalized spacial score (nSPS) is 21.9. The Labute approximate surface area is 125 Å². The van der Waals surface area contributed by atoms with Gasteiger partial charge in [-0.3, -0.25) is 5.10 Å². The van der Waals surface area contributed by atoms with Crippen LogP contribution in [0, 0.1) is 0 Å². The highest BCUT2D eigenvalue weighted by Crippen LogP contribution is 2.16. The Morgan fingerprint density at radius 2 is 1.43 bits per heavy atom. The number of aromatic amines is 1. The largest absolute Gasteiger partial charge is 0.359 e. The summed E-state index contributed by atoms with van der Waals surface area (Å²) in [5.74, 6) is 0. The fourth-order valence-corrected chi connectivity index (χ4v) is 3.16. The number of hydrogen-bond acceptors (Lipinski definition) is 5. The molecule has 4 heterocycles. The Balaban J connectivity index is 1.49. The maximum Gasteiger partial charge on any atom is 0.0897 e. The van der Waals surface area contributed by atoms with Crippen LogP contribution in [0.4, 0.5) is 0 Å². The highest BCUT2D eigenvalue weighted by molar-refractivity contribution is 5.11. The molecule has 0 unspecified atom stereocenters. The zero-order chi connectivity index (χ0) is 14.1. The summed E-state index contributed by atoms with van der Waals surface area (Å²) in [6, 6.07) is 2.19. The third kappa shape index (κ3) is 2.84. The highest BCUT2D eigenvalue weighted by Gasteiger charge is 2.17. The summed E-state index contributed by atoms with van der Waals surface area (Å²) in [6.45, 7) is 6.04. The van der Waals surface area contributed by atoms with Crippen LogP contribution in [0.3, 0.4) is 0 Å². The van der Waals surface area contributed by atoms with Crippen molar-refractivity contribution < 1.29 is 0 Å². The van der Waals surface area contributed by atoms with E-state index in [4.69, 9.17) is 0 Å². The lowest BCUT2D eigenvalue weighted by molar-refractivity contribution is 0.238. The summed E-state index contributed by atoms with van der Waals surface area (Å²) in [5.41, 5.74) is 2.30. The van der Waals surface area contributed by atoms with Crippen LogP contribution in [-0.2, 0) is 13.1 Å². The average Bonchev–Trinajstić information content (AvgIpc) is 3.18. The van der Waals surface area contributed by atoms with Crippen LogP contribution in [0.2, 0.25) is 0 Å². The molecule has 1 aromatic rings. The van der Waals surface area contributed by atoms with E-state index in [0.717, 1.165) is 45.2 Å². The minimum absolute atomic E-state index is 0.880. The summed E-state index contributed by atoms with van der Waals surface area (Å²) >= 11 is 0. The molecule has 0 radical (unpaired) electrons. The van der Waals surface area contributed by atoms with Gasteiger partial charge in [-0.15, -0.1) is 0 Å². The van der Waals surface area contributed by atoms with Crippen molar-refractivity contribution in [3.63, 3.8) is 0 Å². The Bertz CT molecular complexity index is 502. The molecule has 112 valence electrons. The fourth-order valence-electron chi connectivity index (χ4n) is 3.16. The molecule has 4 rings (SSSR count). The van der Waals surface area contributed by atoms with Crippen molar-refractivity contribution in [3.8, 4) is 0 Å². The first kappa shape index (κ1) is 12.6. The zero-order valence-electron chi connectivity index (χ0n) is 12.3. The van der Waals surface area contributed by atoms with Crippen LogP contribution in [0.15, 0.2) is 30.9 Å². The predicted octanol–water partition coefficient (Wildman–Crippen LogP) is 1.30. The van der Waals surface area contributed by atoms with E-state index in [2.05, 4.69) is 60.7 Å². The second-order valence-electron chi connectivity index (χ2n) is 6.09. The number of rotatable bonds is 0. The molecule has 0 amide bonds. The fraction of sp³-hybridized carbons (Fsp3) is 0.533. The van der Waals surface area contributed by atoms with Gasteiger partial charge in [-0.25, -0.2) is 0 Å². The smallest absolute Gasteiger partial charge is 0.0897 e. The van der Waals surface area contributed by atoms with Crippen LogP contribution in [0.25, 0.3) is 0 Å². The van der Waals surface area contributed by atoms with Crippen molar-refractivity contribution in [1.29, 1.82) is 0 Å². The third-order valence-electron chi connectivity index (χ3n) is 4.27. The van der Waals surface area contributed by atoms with Gasteiger partial charge in [0.25, 0.3) is 0 Å². The van der Waals surface area contributed by atoms with Crippen molar-refractivity contribution in [2.45, 2.75) is 25.9 Å². The maximum absolute atomic E-state index is 4.44. The first-order chi connectivity index (χ1) is 10.3. The Kier molecular flexibility index (Phi) is 3.21. The first-order valence-electron chi connectivity index (χ1n) is 7.71. The van der Waals surface area contributed by atoms with E-state index in [1.807, 2.05) is 0 Å². The minimum atomic E-state index is 0.880. The lowest BCUT2D eigenvalue weighted by Gasteiger charge is -2.22. The molecular weight excluding hydrogens is 264 g/mol. The minimum Gasteiger partial charge on any atom is -0.359 e. The quantitative estimate of drug-likeness (QED) is 0.778. The van der Waals surface area contributed by atoms with Crippen molar-refractivity contribution in [1.82, 2.24) is 29.8 Å². The van der Waals surface area contributed by atoms with Crippen molar-refractivity contribution in [3.05, 3.63) is 42.3 Å². The van der Waals surface area contributed by atoms with Crippen LogP contribution >= 0.6 is 0 Å². The number of H-pyrrole nitrogens is 1. The molecule has 1 N–H and O–H groups in total. The number of fused-ring (bicyclic) bond motifs is 6. The van der Waals surface area contributed by atoms with Gasteiger partial charge in [-0.2, -0.15) is 5.10 Å². The van der Waals surface area contributed by atoms with Crippen molar-refractivity contribution in [2.75, 3.05) is 26.4 Å². The van der Waals surface area contributed by atoms with Gasteiger partial charge in [0, 0.05) is 37.9 Å². The second-order valence-corrected chi connectivity index (χ2v) is 6.09. The molecule has 0 fully saturated rings. The van der Waals surface area contributed by atoms with Crippen LogP contribution in [0.1, 0.15) is 24.2 Å². The van der Waals surface area contributed by atoms with E-state index in [0.29, 0.717) is 0 Å². The summed E-state index contributed by atoms with van der Waals surface area (Å²) < 4.78 is 0. The molecule has 0 atom stereocenters. The molecule has 0 aromatic carbocycles. The summed E-state index contributed by atoms with van der Waals surface area (Å²) in [7, 11) is 0. The molecule has 6 bridgehead atoms. The third-order valence-corrected chi connectivity index (χ3v) is 4.27. The number of hydrogen-bond donors (Lipinski definition) is 1. The van der Waals surface area contributed by atoms with Crippen LogP contribution < -0.4 is 0 Å². The molecule has 21 heavy (non-hydrogen) atoms. The number of nitrogens with zero attached hydrogens (tertiary/aromatic N) is 5. The van der Waals surface area contributed by atoms with Gasteiger partial charge in [-0.05, 0) is 18.9 Å². The van der Waals surface area contributed by atoms with Gasteiger partial charge in [0.15, 0.2) is 0 Å². The van der Waals surface area contributed by atoms with Gasteiger partial charge < -0.3 is 19.6 Å². The Morgan fingerprint density at radius 1 is 0.810 bits per heavy atom. The topological polar surface area (TPSA) is 41.6 Å². The van der Waals surface area contributed by atoms with Crippen LogP contribution in [0.5, 0.6) is 0 Å². The number of aromatic nitrogens is 2. The maximum atomic E-state index is 4.44. The predicted molar refractivity (Wildman–Crippen MR) is 80.3 cm³/mol. The number of nitrogens with one attached hydrogen (secondary N) is 1. The summed E-state index contributed by atoms with van der Waals surface area (Å²) in [5, 5.41) is 7.61.